The summed E-state index contributed by atoms with van der Waals surface area (Å²) in [4.78, 5) is 2.11. The first-order chi connectivity index (χ1) is 8.61. The molecule has 0 heterocycles. The minimum absolute atomic E-state index is 1.03. The molecule has 2 aromatic carbocycles. The highest BCUT2D eigenvalue weighted by Crippen LogP contribution is 2.49. The van der Waals surface area contributed by atoms with Crippen LogP contribution in [-0.2, 0) is 0 Å². The van der Waals surface area contributed by atoms with Crippen LogP contribution in [0.5, 0.6) is 0 Å². The van der Waals surface area contributed by atoms with Crippen LogP contribution in [0, 0.1) is 6.92 Å². The zero-order valence-corrected chi connectivity index (χ0v) is 12.7. The van der Waals surface area contributed by atoms with Crippen LogP contribution in [0.2, 0.25) is 0 Å². The molecule has 0 saturated carbocycles. The molecular formula is C14H14Cl2NP. The summed E-state index contributed by atoms with van der Waals surface area (Å²) in [6.07, 6.45) is 0. The third-order valence-electron chi connectivity index (χ3n) is 2.89. The van der Waals surface area contributed by atoms with Crippen LogP contribution in [0.1, 0.15) is 5.56 Å². The molecule has 94 valence electrons. The zero-order valence-electron chi connectivity index (χ0n) is 10.3. The van der Waals surface area contributed by atoms with Gasteiger partial charge in [0.1, 0.15) is 6.63 Å². The smallest absolute Gasteiger partial charge is 0.119 e. The Balaban J connectivity index is 2.48. The molecule has 0 aliphatic rings. The highest BCUT2D eigenvalue weighted by Gasteiger charge is 2.16. The fourth-order valence-electron chi connectivity index (χ4n) is 1.92. The minimum atomic E-state index is -1.16. The second-order valence-corrected chi connectivity index (χ2v) is 7.53. The fraction of sp³-hybridized carbons (Fsp3) is 0.143. The molecule has 0 spiro atoms. The van der Waals surface area contributed by atoms with Gasteiger partial charge >= 0.3 is 0 Å². The highest BCUT2D eigenvalue weighted by molar-refractivity contribution is 8.09. The minimum Gasteiger partial charge on any atom is -0.344 e. The Morgan fingerprint density at radius 1 is 0.944 bits per heavy atom. The van der Waals surface area contributed by atoms with Crippen molar-refractivity contribution >= 4 is 45.8 Å². The summed E-state index contributed by atoms with van der Waals surface area (Å²) < 4.78 is 0. The number of para-hydroxylation sites is 1. The lowest BCUT2D eigenvalue weighted by Gasteiger charge is -2.24. The molecule has 0 unspecified atom stereocenters. The molecule has 0 aromatic heterocycles. The summed E-state index contributed by atoms with van der Waals surface area (Å²) in [6, 6.07) is 16.3. The number of halogens is 2. The Labute approximate surface area is 119 Å². The highest BCUT2D eigenvalue weighted by atomic mass is 35.9. The van der Waals surface area contributed by atoms with Gasteiger partial charge in [-0.15, -0.1) is 0 Å². The Morgan fingerprint density at radius 3 is 2.22 bits per heavy atom. The molecular weight excluding hydrogens is 284 g/mol. The quantitative estimate of drug-likeness (QED) is 0.706. The van der Waals surface area contributed by atoms with Crippen molar-refractivity contribution in [3.8, 4) is 0 Å². The molecule has 2 aromatic rings. The van der Waals surface area contributed by atoms with Crippen LogP contribution < -0.4 is 10.2 Å². The summed E-state index contributed by atoms with van der Waals surface area (Å²) in [5.41, 5.74) is 3.32. The SMILES string of the molecule is Cc1cccc(N(C)c2ccccc2)c1P(Cl)Cl. The summed E-state index contributed by atoms with van der Waals surface area (Å²) in [6.45, 7) is 0.882. The van der Waals surface area contributed by atoms with Crippen molar-refractivity contribution in [2.45, 2.75) is 6.92 Å². The molecule has 1 nitrogen and oxygen atoms in total. The predicted molar refractivity (Wildman–Crippen MR) is 83.9 cm³/mol. The Morgan fingerprint density at radius 2 is 1.61 bits per heavy atom. The first-order valence-corrected chi connectivity index (χ1v) is 8.76. The van der Waals surface area contributed by atoms with E-state index in [1.54, 1.807) is 0 Å². The summed E-state index contributed by atoms with van der Waals surface area (Å²) >= 11 is 12.3. The molecule has 0 N–H and O–H groups in total. The maximum absolute atomic E-state index is 6.15. The second kappa shape index (κ2) is 5.93. The summed E-state index contributed by atoms with van der Waals surface area (Å²) in [7, 11) is 2.03. The summed E-state index contributed by atoms with van der Waals surface area (Å²) in [5.74, 6) is 0. The molecule has 0 amide bonds. The molecule has 0 radical (unpaired) electrons. The summed E-state index contributed by atoms with van der Waals surface area (Å²) in [5, 5.41) is 1.03. The number of aryl methyl sites for hydroxylation is 1. The van der Waals surface area contributed by atoms with E-state index in [1.807, 2.05) is 44.3 Å². The Hall–Kier alpha value is -0.750. The number of rotatable bonds is 3. The van der Waals surface area contributed by atoms with Crippen molar-refractivity contribution in [3.05, 3.63) is 54.1 Å². The molecule has 0 atom stereocenters. The molecule has 0 aliphatic carbocycles. The monoisotopic (exact) mass is 297 g/mol. The zero-order chi connectivity index (χ0) is 13.1. The van der Waals surface area contributed by atoms with E-state index in [9.17, 15) is 0 Å². The van der Waals surface area contributed by atoms with Gasteiger partial charge in [0.15, 0.2) is 0 Å². The van der Waals surface area contributed by atoms with Crippen LogP contribution in [-0.4, -0.2) is 7.05 Å². The number of hydrogen-bond acceptors (Lipinski definition) is 1. The van der Waals surface area contributed by atoms with E-state index < -0.39 is 6.63 Å². The molecule has 0 aliphatic heterocycles. The molecule has 0 saturated heterocycles. The number of nitrogens with zero attached hydrogens (tertiary/aromatic N) is 1. The van der Waals surface area contributed by atoms with Crippen LogP contribution in [0.25, 0.3) is 0 Å². The predicted octanol–water partition coefficient (Wildman–Crippen LogP) is 5.18. The van der Waals surface area contributed by atoms with Crippen molar-refractivity contribution < 1.29 is 0 Å². The lowest BCUT2D eigenvalue weighted by Crippen LogP contribution is -2.18. The van der Waals surface area contributed by atoms with Gasteiger partial charge in [-0.1, -0.05) is 52.8 Å². The standard InChI is InChI=1S/C14H14Cl2NP/c1-11-7-6-10-13(14(11)18(15)16)17(2)12-8-4-3-5-9-12/h3-10H,1-2H3. The third kappa shape index (κ3) is 2.80. The second-order valence-electron chi connectivity index (χ2n) is 4.07. The van der Waals surface area contributed by atoms with Gasteiger partial charge in [-0.25, -0.2) is 0 Å². The molecule has 18 heavy (non-hydrogen) atoms. The number of anilines is 2. The van der Waals surface area contributed by atoms with Gasteiger partial charge in [-0.05, 0) is 30.7 Å². The van der Waals surface area contributed by atoms with Gasteiger partial charge in [0.2, 0.25) is 0 Å². The number of hydrogen-bond donors (Lipinski definition) is 0. The van der Waals surface area contributed by atoms with Crippen LogP contribution in [0.15, 0.2) is 48.5 Å². The lowest BCUT2D eigenvalue weighted by molar-refractivity contribution is 1.21. The van der Waals surface area contributed by atoms with Gasteiger partial charge in [-0.3, -0.25) is 0 Å². The van der Waals surface area contributed by atoms with Crippen LogP contribution in [0.3, 0.4) is 0 Å². The normalized spacial score (nSPS) is 10.7. The van der Waals surface area contributed by atoms with Gasteiger partial charge in [0.25, 0.3) is 0 Å². The Kier molecular flexibility index (Phi) is 4.50. The Bertz CT molecular complexity index is 529. The first-order valence-electron chi connectivity index (χ1n) is 5.61. The van der Waals surface area contributed by atoms with Crippen molar-refractivity contribution in [1.29, 1.82) is 0 Å². The fourth-order valence-corrected chi connectivity index (χ4v) is 3.98. The largest absolute Gasteiger partial charge is 0.344 e. The van der Waals surface area contributed by atoms with E-state index in [0.29, 0.717) is 0 Å². The average Bonchev–Trinajstić information content (AvgIpc) is 2.38. The first kappa shape index (κ1) is 13.7. The van der Waals surface area contributed by atoms with E-state index in [1.165, 1.54) is 0 Å². The van der Waals surface area contributed by atoms with E-state index in [4.69, 9.17) is 22.5 Å². The van der Waals surface area contributed by atoms with Gasteiger partial charge in [0.05, 0.1) is 5.69 Å². The topological polar surface area (TPSA) is 3.24 Å². The molecule has 0 fully saturated rings. The maximum Gasteiger partial charge on any atom is 0.119 e. The molecule has 0 bridgehead atoms. The molecule has 2 rings (SSSR count). The van der Waals surface area contributed by atoms with Crippen molar-refractivity contribution in [3.63, 3.8) is 0 Å². The third-order valence-corrected chi connectivity index (χ3v) is 4.82. The number of benzene rings is 2. The van der Waals surface area contributed by atoms with E-state index in [0.717, 1.165) is 22.2 Å². The maximum atomic E-state index is 6.15. The lowest BCUT2D eigenvalue weighted by atomic mass is 10.2. The van der Waals surface area contributed by atoms with Crippen molar-refractivity contribution in [2.24, 2.45) is 0 Å². The van der Waals surface area contributed by atoms with Crippen LogP contribution in [0.4, 0.5) is 11.4 Å². The average molecular weight is 298 g/mol. The van der Waals surface area contributed by atoms with E-state index in [2.05, 4.69) is 23.1 Å². The van der Waals surface area contributed by atoms with E-state index >= 15 is 0 Å². The van der Waals surface area contributed by atoms with Crippen molar-refractivity contribution in [1.82, 2.24) is 0 Å². The van der Waals surface area contributed by atoms with Gasteiger partial charge in [-0.2, -0.15) is 0 Å². The molecule has 4 heteroatoms. The van der Waals surface area contributed by atoms with Crippen LogP contribution >= 0.6 is 29.1 Å². The van der Waals surface area contributed by atoms with Gasteiger partial charge in [0, 0.05) is 18.0 Å². The van der Waals surface area contributed by atoms with Crippen molar-refractivity contribution in [2.75, 3.05) is 11.9 Å². The van der Waals surface area contributed by atoms with E-state index in [-0.39, 0.29) is 0 Å². The van der Waals surface area contributed by atoms with Gasteiger partial charge < -0.3 is 4.90 Å².